The lowest BCUT2D eigenvalue weighted by atomic mass is 10.2. The number of fused-ring (bicyclic) bond motifs is 3. The summed E-state index contributed by atoms with van der Waals surface area (Å²) in [5.41, 5.74) is 9.53. The summed E-state index contributed by atoms with van der Waals surface area (Å²) in [5, 5.41) is 3.93. The maximum absolute atomic E-state index is 12.1. The van der Waals surface area contributed by atoms with Crippen LogP contribution in [0.25, 0.3) is 21.9 Å². The minimum Gasteiger partial charge on any atom is -0.382 e. The van der Waals surface area contributed by atoms with E-state index < -0.39 is 0 Å². The molecule has 4 rings (SSSR count). The van der Waals surface area contributed by atoms with E-state index in [4.69, 9.17) is 15.5 Å². The summed E-state index contributed by atoms with van der Waals surface area (Å²) in [6.45, 7) is 8.25. The molecule has 0 saturated carbocycles. The fraction of sp³-hybridized carbons (Fsp3) is 0.370. The predicted octanol–water partition coefficient (Wildman–Crippen LogP) is 4.98. The Labute approximate surface area is 201 Å². The van der Waals surface area contributed by atoms with E-state index in [0.29, 0.717) is 37.7 Å². The highest BCUT2D eigenvalue weighted by Crippen LogP contribution is 2.29. The van der Waals surface area contributed by atoms with E-state index in [-0.39, 0.29) is 5.91 Å². The number of amides is 1. The van der Waals surface area contributed by atoms with Crippen LogP contribution in [0.1, 0.15) is 49.8 Å². The molecular weight excluding hydrogens is 426 g/mol. The van der Waals surface area contributed by atoms with Crippen molar-refractivity contribution in [2.45, 2.75) is 46.6 Å². The number of aryl methyl sites for hydroxylation is 1. The minimum absolute atomic E-state index is 0.0916. The number of unbranched alkanes of at least 4 members (excludes halogenated alkanes) is 1. The van der Waals surface area contributed by atoms with Gasteiger partial charge in [-0.05, 0) is 24.6 Å². The zero-order chi connectivity index (χ0) is 24.3. The second-order valence-electron chi connectivity index (χ2n) is 7.73. The van der Waals surface area contributed by atoms with Crippen molar-refractivity contribution in [3.63, 3.8) is 0 Å². The first-order valence-corrected chi connectivity index (χ1v) is 12.1. The monoisotopic (exact) mass is 461 g/mol. The lowest BCUT2D eigenvalue weighted by molar-refractivity contribution is 0.0909. The highest BCUT2D eigenvalue weighted by molar-refractivity contribution is 6.06. The third kappa shape index (κ3) is 5.91. The van der Waals surface area contributed by atoms with Crippen LogP contribution in [0, 0.1) is 0 Å². The Morgan fingerprint density at radius 1 is 1.03 bits per heavy atom. The number of anilines is 1. The van der Waals surface area contributed by atoms with Gasteiger partial charge in [0.25, 0.3) is 5.91 Å². The van der Waals surface area contributed by atoms with Gasteiger partial charge in [0.05, 0.1) is 24.2 Å². The second-order valence-corrected chi connectivity index (χ2v) is 7.73. The standard InChI is InChI=1S/C25H29N5O2.C2H6/c1-2-3-13-21-29-22-23(19-11-7-8-12-20(19)28-24(22)26)30(21)15-17-32-16-14-27-25(31)18-9-5-4-6-10-18;1-2/h4-12H,2-3,13-17H2,1H3,(H2,26,28)(H,27,31);1-2H3. The van der Waals surface area contributed by atoms with Gasteiger partial charge in [-0.15, -0.1) is 0 Å². The van der Waals surface area contributed by atoms with Crippen LogP contribution in [0.3, 0.4) is 0 Å². The Kier molecular flexibility index (Phi) is 9.40. The fourth-order valence-electron chi connectivity index (χ4n) is 3.86. The molecule has 0 aliphatic rings. The van der Waals surface area contributed by atoms with Gasteiger partial charge in [0.15, 0.2) is 5.82 Å². The Hall–Kier alpha value is -3.45. The lowest BCUT2D eigenvalue weighted by Crippen LogP contribution is -2.27. The summed E-state index contributed by atoms with van der Waals surface area (Å²) in [4.78, 5) is 21.5. The molecule has 0 aliphatic heterocycles. The number of hydrogen-bond donors (Lipinski definition) is 2. The molecule has 0 fully saturated rings. The third-order valence-corrected chi connectivity index (χ3v) is 5.47. The molecule has 4 aromatic rings. The molecule has 2 aromatic heterocycles. The summed E-state index contributed by atoms with van der Waals surface area (Å²) < 4.78 is 8.05. The van der Waals surface area contributed by atoms with Crippen molar-refractivity contribution < 1.29 is 9.53 Å². The van der Waals surface area contributed by atoms with Gasteiger partial charge in [-0.2, -0.15) is 0 Å². The van der Waals surface area contributed by atoms with Crippen LogP contribution in [0.5, 0.6) is 0 Å². The number of carbonyl (C=O) groups is 1. The lowest BCUT2D eigenvalue weighted by Gasteiger charge is -2.12. The molecule has 7 nitrogen and oxygen atoms in total. The largest absolute Gasteiger partial charge is 0.382 e. The van der Waals surface area contributed by atoms with Crippen LogP contribution in [-0.4, -0.2) is 40.2 Å². The molecule has 34 heavy (non-hydrogen) atoms. The molecule has 180 valence electrons. The Balaban J connectivity index is 0.00000158. The molecule has 1 amide bonds. The van der Waals surface area contributed by atoms with E-state index in [9.17, 15) is 4.79 Å². The Bertz CT molecular complexity index is 1200. The number of rotatable bonds is 10. The number of carbonyl (C=O) groups excluding carboxylic acids is 1. The van der Waals surface area contributed by atoms with Crippen molar-refractivity contribution >= 4 is 33.7 Å². The summed E-state index contributed by atoms with van der Waals surface area (Å²) in [6.07, 6.45) is 3.03. The first kappa shape index (κ1) is 25.2. The molecular formula is C27H35N5O2. The number of nitrogen functional groups attached to an aromatic ring is 1. The molecule has 0 unspecified atom stereocenters. The van der Waals surface area contributed by atoms with E-state index in [2.05, 4.69) is 27.9 Å². The van der Waals surface area contributed by atoms with E-state index in [1.165, 1.54) is 0 Å². The maximum atomic E-state index is 12.1. The smallest absolute Gasteiger partial charge is 0.251 e. The number of nitrogens with two attached hydrogens (primary N) is 1. The van der Waals surface area contributed by atoms with Gasteiger partial charge < -0.3 is 20.4 Å². The minimum atomic E-state index is -0.0916. The molecule has 2 heterocycles. The molecule has 0 radical (unpaired) electrons. The van der Waals surface area contributed by atoms with Crippen molar-refractivity contribution in [2.75, 3.05) is 25.5 Å². The zero-order valence-corrected chi connectivity index (χ0v) is 20.4. The summed E-state index contributed by atoms with van der Waals surface area (Å²) in [6, 6.07) is 17.2. The van der Waals surface area contributed by atoms with Crippen LogP contribution in [0.4, 0.5) is 5.82 Å². The van der Waals surface area contributed by atoms with Crippen molar-refractivity contribution in [3.8, 4) is 0 Å². The third-order valence-electron chi connectivity index (χ3n) is 5.47. The average molecular weight is 462 g/mol. The predicted molar refractivity (Wildman–Crippen MR) is 139 cm³/mol. The molecule has 0 spiro atoms. The molecule has 0 saturated heterocycles. The Morgan fingerprint density at radius 2 is 1.76 bits per heavy atom. The molecule has 3 N–H and O–H groups in total. The van der Waals surface area contributed by atoms with Crippen molar-refractivity contribution in [2.24, 2.45) is 0 Å². The highest BCUT2D eigenvalue weighted by atomic mass is 16.5. The van der Waals surface area contributed by atoms with Gasteiger partial charge >= 0.3 is 0 Å². The van der Waals surface area contributed by atoms with Crippen LogP contribution >= 0.6 is 0 Å². The number of aromatic nitrogens is 3. The van der Waals surface area contributed by atoms with Crippen molar-refractivity contribution in [1.82, 2.24) is 19.9 Å². The van der Waals surface area contributed by atoms with E-state index in [1.807, 2.05) is 50.2 Å². The highest BCUT2D eigenvalue weighted by Gasteiger charge is 2.16. The molecule has 2 aromatic carbocycles. The van der Waals surface area contributed by atoms with Gasteiger partial charge in [-0.1, -0.05) is 63.6 Å². The van der Waals surface area contributed by atoms with E-state index in [1.54, 1.807) is 12.1 Å². The average Bonchev–Trinajstić information content (AvgIpc) is 3.25. The number of ether oxygens (including phenoxy) is 1. The quantitative estimate of drug-likeness (QED) is 0.325. The first-order valence-electron chi connectivity index (χ1n) is 12.1. The van der Waals surface area contributed by atoms with Crippen LogP contribution < -0.4 is 11.1 Å². The van der Waals surface area contributed by atoms with E-state index >= 15 is 0 Å². The van der Waals surface area contributed by atoms with Gasteiger partial charge in [-0.3, -0.25) is 4.79 Å². The summed E-state index contributed by atoms with van der Waals surface area (Å²) in [7, 11) is 0. The Morgan fingerprint density at radius 3 is 2.53 bits per heavy atom. The van der Waals surface area contributed by atoms with Gasteiger partial charge in [0.2, 0.25) is 0 Å². The van der Waals surface area contributed by atoms with E-state index in [0.717, 1.165) is 47.0 Å². The van der Waals surface area contributed by atoms with Crippen LogP contribution in [0.2, 0.25) is 0 Å². The maximum Gasteiger partial charge on any atom is 0.251 e. The number of nitrogens with zero attached hydrogens (tertiary/aromatic N) is 3. The normalized spacial score (nSPS) is 10.8. The zero-order valence-electron chi connectivity index (χ0n) is 20.4. The van der Waals surface area contributed by atoms with Gasteiger partial charge in [0.1, 0.15) is 11.3 Å². The molecule has 0 bridgehead atoms. The number of nitrogens with one attached hydrogen (secondary N) is 1. The van der Waals surface area contributed by atoms with Crippen molar-refractivity contribution in [1.29, 1.82) is 0 Å². The second kappa shape index (κ2) is 12.7. The fourth-order valence-corrected chi connectivity index (χ4v) is 3.86. The molecule has 0 atom stereocenters. The van der Waals surface area contributed by atoms with Crippen molar-refractivity contribution in [3.05, 3.63) is 66.0 Å². The van der Waals surface area contributed by atoms with Crippen LogP contribution in [0.15, 0.2) is 54.6 Å². The molecule has 0 aliphatic carbocycles. The summed E-state index contributed by atoms with van der Waals surface area (Å²) in [5.74, 6) is 1.37. The number of hydrogen-bond acceptors (Lipinski definition) is 5. The van der Waals surface area contributed by atoms with Gasteiger partial charge in [-0.25, -0.2) is 9.97 Å². The number of para-hydroxylation sites is 1. The topological polar surface area (TPSA) is 95.1 Å². The van der Waals surface area contributed by atoms with Gasteiger partial charge in [0, 0.05) is 30.5 Å². The number of pyridine rings is 1. The number of benzene rings is 2. The van der Waals surface area contributed by atoms with Crippen LogP contribution in [-0.2, 0) is 17.7 Å². The summed E-state index contributed by atoms with van der Waals surface area (Å²) >= 11 is 0. The molecule has 7 heteroatoms. The SMILES string of the molecule is CC.CCCCc1nc2c(N)nc3ccccc3c2n1CCOCCNC(=O)c1ccccc1. The number of imidazole rings is 1. The first-order chi connectivity index (χ1) is 16.7.